The molecule has 5 rings (SSSR count). The Bertz CT molecular complexity index is 560. The van der Waals surface area contributed by atoms with Crippen molar-refractivity contribution in [1.29, 1.82) is 0 Å². The highest BCUT2D eigenvalue weighted by Gasteiger charge is 2.56. The quantitative estimate of drug-likeness (QED) is 0.626. The lowest BCUT2D eigenvalue weighted by Gasteiger charge is -2.60. The van der Waals surface area contributed by atoms with Gasteiger partial charge in [-0.05, 0) is 80.1 Å². The molecule has 4 aliphatic carbocycles. The van der Waals surface area contributed by atoms with E-state index in [0.29, 0.717) is 5.41 Å². The van der Waals surface area contributed by atoms with E-state index in [0.717, 1.165) is 35.6 Å². The van der Waals surface area contributed by atoms with E-state index in [1.165, 1.54) is 32.1 Å². The molecule has 1 aromatic rings. The molecule has 4 fully saturated rings. The van der Waals surface area contributed by atoms with E-state index in [4.69, 9.17) is 23.8 Å². The first-order valence-electron chi connectivity index (χ1n) is 8.33. The van der Waals surface area contributed by atoms with E-state index < -0.39 is 0 Å². The molecule has 0 spiro atoms. The number of benzene rings is 1. The summed E-state index contributed by atoms with van der Waals surface area (Å²) in [6, 6.07) is 10.1. The Morgan fingerprint density at radius 2 is 1.82 bits per heavy atom. The number of halogens is 1. The summed E-state index contributed by atoms with van der Waals surface area (Å²) in [6.45, 7) is 0.965. The first-order chi connectivity index (χ1) is 10.5. The molecule has 118 valence electrons. The summed E-state index contributed by atoms with van der Waals surface area (Å²) in [7, 11) is 0. The van der Waals surface area contributed by atoms with Crippen LogP contribution in [0.5, 0.6) is 0 Å². The van der Waals surface area contributed by atoms with Crippen molar-refractivity contribution in [3.63, 3.8) is 0 Å². The van der Waals surface area contributed by atoms with Crippen molar-refractivity contribution in [2.45, 2.75) is 43.4 Å². The number of nitrogens with one attached hydrogen (secondary N) is 2. The van der Waals surface area contributed by atoms with Crippen LogP contribution < -0.4 is 10.6 Å². The molecule has 0 aromatic heterocycles. The number of hydrogen-bond donors (Lipinski definition) is 2. The maximum absolute atomic E-state index is 6.89. The Labute approximate surface area is 143 Å². The first kappa shape index (κ1) is 14.8. The fraction of sp³-hybridized carbons (Fsp3) is 0.611. The van der Waals surface area contributed by atoms with Crippen molar-refractivity contribution in [2.24, 2.45) is 17.3 Å². The van der Waals surface area contributed by atoms with E-state index >= 15 is 0 Å². The van der Waals surface area contributed by atoms with E-state index in [-0.39, 0.29) is 4.87 Å². The van der Waals surface area contributed by atoms with Crippen LogP contribution in [0.15, 0.2) is 30.3 Å². The molecule has 1 aromatic carbocycles. The zero-order valence-corrected chi connectivity index (χ0v) is 14.3. The van der Waals surface area contributed by atoms with Crippen LogP contribution in [0.1, 0.15) is 38.5 Å². The summed E-state index contributed by atoms with van der Waals surface area (Å²) >= 11 is 12.4. The Kier molecular flexibility index (Phi) is 3.61. The highest BCUT2D eigenvalue weighted by atomic mass is 35.5. The van der Waals surface area contributed by atoms with Gasteiger partial charge in [0.05, 0.1) is 0 Å². The topological polar surface area (TPSA) is 24.1 Å². The van der Waals surface area contributed by atoms with Gasteiger partial charge in [0.1, 0.15) is 0 Å². The first-order valence-corrected chi connectivity index (χ1v) is 9.12. The molecule has 0 amide bonds. The highest BCUT2D eigenvalue weighted by Crippen LogP contribution is 2.63. The van der Waals surface area contributed by atoms with Crippen LogP contribution in [0.4, 0.5) is 5.69 Å². The minimum Gasteiger partial charge on any atom is -0.362 e. The molecule has 4 heteroatoms. The number of thiocarbonyl (C=S) groups is 1. The number of para-hydroxylation sites is 1. The second kappa shape index (κ2) is 5.38. The van der Waals surface area contributed by atoms with Crippen LogP contribution in [0.2, 0.25) is 0 Å². The molecule has 2 N–H and O–H groups in total. The third-order valence-electron chi connectivity index (χ3n) is 5.77. The number of hydrogen-bond acceptors (Lipinski definition) is 1. The summed E-state index contributed by atoms with van der Waals surface area (Å²) < 4.78 is 0. The molecule has 0 aliphatic heterocycles. The van der Waals surface area contributed by atoms with E-state index in [1.807, 2.05) is 30.3 Å². The Morgan fingerprint density at radius 1 is 1.14 bits per heavy atom. The van der Waals surface area contributed by atoms with Crippen LogP contribution in [0.25, 0.3) is 0 Å². The lowest BCUT2D eigenvalue weighted by atomic mass is 9.49. The zero-order chi connectivity index (χ0) is 15.2. The highest BCUT2D eigenvalue weighted by molar-refractivity contribution is 7.80. The number of rotatable bonds is 3. The summed E-state index contributed by atoms with van der Waals surface area (Å²) in [5.41, 5.74) is 1.41. The molecule has 2 atom stereocenters. The van der Waals surface area contributed by atoms with Crippen LogP contribution in [-0.4, -0.2) is 16.5 Å². The van der Waals surface area contributed by atoms with E-state index in [9.17, 15) is 0 Å². The molecule has 4 saturated carbocycles. The molecular formula is C18H23ClN2S. The minimum atomic E-state index is 0.0836. The van der Waals surface area contributed by atoms with Crippen molar-refractivity contribution in [3.8, 4) is 0 Å². The van der Waals surface area contributed by atoms with Gasteiger partial charge in [0.15, 0.2) is 5.11 Å². The van der Waals surface area contributed by atoms with Gasteiger partial charge >= 0.3 is 0 Å². The van der Waals surface area contributed by atoms with Gasteiger partial charge in [0, 0.05) is 17.1 Å². The molecule has 4 aliphatic rings. The lowest BCUT2D eigenvalue weighted by Crippen LogP contribution is -2.56. The van der Waals surface area contributed by atoms with E-state index in [2.05, 4.69) is 10.6 Å². The van der Waals surface area contributed by atoms with Gasteiger partial charge in [-0.1, -0.05) is 18.2 Å². The van der Waals surface area contributed by atoms with Gasteiger partial charge in [-0.3, -0.25) is 0 Å². The largest absolute Gasteiger partial charge is 0.362 e. The molecule has 2 nitrogen and oxygen atoms in total. The summed E-state index contributed by atoms with van der Waals surface area (Å²) in [4.78, 5) is 0.0836. The van der Waals surface area contributed by atoms with Crippen molar-refractivity contribution in [3.05, 3.63) is 30.3 Å². The molecule has 0 radical (unpaired) electrons. The van der Waals surface area contributed by atoms with Gasteiger partial charge in [0.2, 0.25) is 0 Å². The second-order valence-electron chi connectivity index (χ2n) is 7.79. The van der Waals surface area contributed by atoms with Gasteiger partial charge in [-0.2, -0.15) is 0 Å². The summed E-state index contributed by atoms with van der Waals surface area (Å²) in [6.07, 6.45) is 7.70. The number of anilines is 1. The second-order valence-corrected chi connectivity index (χ2v) is 9.00. The van der Waals surface area contributed by atoms with Crippen molar-refractivity contribution in [1.82, 2.24) is 5.32 Å². The molecule has 0 unspecified atom stereocenters. The van der Waals surface area contributed by atoms with Crippen LogP contribution >= 0.6 is 23.8 Å². The zero-order valence-electron chi connectivity index (χ0n) is 12.8. The third-order valence-corrected chi connectivity index (χ3v) is 6.46. The fourth-order valence-electron chi connectivity index (χ4n) is 5.51. The molecule has 0 heterocycles. The third kappa shape index (κ3) is 2.85. The Morgan fingerprint density at radius 3 is 2.45 bits per heavy atom. The van der Waals surface area contributed by atoms with E-state index in [1.54, 1.807) is 0 Å². The summed E-state index contributed by atoms with van der Waals surface area (Å²) in [5.74, 6) is 1.69. The maximum Gasteiger partial charge on any atom is 0.170 e. The SMILES string of the molecule is S=C(NCC12C[C@H]3C[C@@H](CC(Cl)(C3)C1)C2)Nc1ccccc1. The van der Waals surface area contributed by atoms with Crippen LogP contribution in [-0.2, 0) is 0 Å². The predicted molar refractivity (Wildman–Crippen MR) is 96.4 cm³/mol. The average Bonchev–Trinajstić information content (AvgIpc) is 2.44. The molecule has 4 bridgehead atoms. The molecular weight excluding hydrogens is 312 g/mol. The summed E-state index contributed by atoms with van der Waals surface area (Å²) in [5, 5.41) is 7.47. The van der Waals surface area contributed by atoms with Gasteiger partial charge in [-0.15, -0.1) is 11.6 Å². The fourth-order valence-corrected chi connectivity index (χ4v) is 6.42. The number of alkyl halides is 1. The smallest absolute Gasteiger partial charge is 0.170 e. The molecule has 0 saturated heterocycles. The maximum atomic E-state index is 6.89. The minimum absolute atomic E-state index is 0.0836. The average molecular weight is 335 g/mol. The van der Waals surface area contributed by atoms with Gasteiger partial charge in [0.25, 0.3) is 0 Å². The van der Waals surface area contributed by atoms with Crippen LogP contribution in [0.3, 0.4) is 0 Å². The van der Waals surface area contributed by atoms with Crippen LogP contribution in [0, 0.1) is 17.3 Å². The van der Waals surface area contributed by atoms with Gasteiger partial charge < -0.3 is 10.6 Å². The monoisotopic (exact) mass is 334 g/mol. The normalized spacial score (nSPS) is 38.8. The van der Waals surface area contributed by atoms with Gasteiger partial charge in [-0.25, -0.2) is 0 Å². The van der Waals surface area contributed by atoms with Crippen molar-refractivity contribution in [2.75, 3.05) is 11.9 Å². The lowest BCUT2D eigenvalue weighted by molar-refractivity contribution is -0.0364. The van der Waals surface area contributed by atoms with Crippen molar-refractivity contribution >= 4 is 34.6 Å². The Hall–Kier alpha value is -0.800. The van der Waals surface area contributed by atoms with Crippen molar-refractivity contribution < 1.29 is 0 Å². The Balaban J connectivity index is 1.38. The molecule has 22 heavy (non-hydrogen) atoms. The predicted octanol–water partition coefficient (Wildman–Crippen LogP) is 4.55. The standard InChI is InChI=1S/C18H23ClN2S/c19-18-9-13-6-14(10-18)8-17(7-13,11-18)12-20-16(22)21-15-4-2-1-3-5-15/h1-5,13-14H,6-12H2,(H2,20,21,22)/t13-,14-,17?,18?/m1/s1.